The van der Waals surface area contributed by atoms with E-state index in [1.165, 1.54) is 5.56 Å². The van der Waals surface area contributed by atoms with Gasteiger partial charge in [-0.05, 0) is 24.2 Å². The lowest BCUT2D eigenvalue weighted by molar-refractivity contribution is 0.127. The van der Waals surface area contributed by atoms with Crippen molar-refractivity contribution in [2.75, 3.05) is 39.3 Å². The molecule has 102 valence electrons. The number of piperazine rings is 1. The predicted molar refractivity (Wildman–Crippen MR) is 82.7 cm³/mol. The Kier molecular flexibility index (Phi) is 6.18. The zero-order valence-electron chi connectivity index (χ0n) is 11.3. The summed E-state index contributed by atoms with van der Waals surface area (Å²) in [6.45, 7) is 7.65. The van der Waals surface area contributed by atoms with Gasteiger partial charge in [0, 0.05) is 39.3 Å². The molecule has 0 aromatic heterocycles. The van der Waals surface area contributed by atoms with Crippen LogP contribution in [0.4, 0.5) is 0 Å². The summed E-state index contributed by atoms with van der Waals surface area (Å²) in [5, 5.41) is 2.42. The van der Waals surface area contributed by atoms with E-state index in [9.17, 15) is 0 Å². The van der Waals surface area contributed by atoms with Crippen molar-refractivity contribution in [2.24, 2.45) is 4.99 Å². The smallest absolute Gasteiger partial charge is 0.0584 e. The first-order valence-electron chi connectivity index (χ1n) is 6.91. The Morgan fingerprint density at radius 1 is 1.05 bits per heavy atom. The molecule has 0 bridgehead atoms. The highest BCUT2D eigenvalue weighted by Gasteiger charge is 2.16. The summed E-state index contributed by atoms with van der Waals surface area (Å²) in [4.78, 5) is 9.00. The third kappa shape index (κ3) is 5.21. The third-order valence-corrected chi connectivity index (χ3v) is 3.65. The van der Waals surface area contributed by atoms with Crippen LogP contribution >= 0.6 is 12.2 Å². The Bertz CT molecular complexity index is 407. The summed E-state index contributed by atoms with van der Waals surface area (Å²) in [6, 6.07) is 10.7. The van der Waals surface area contributed by atoms with Crippen LogP contribution in [-0.2, 0) is 6.54 Å². The molecule has 0 aliphatic carbocycles. The molecular formula is C15H21N3S. The highest BCUT2D eigenvalue weighted by molar-refractivity contribution is 7.78. The molecule has 4 heteroatoms. The van der Waals surface area contributed by atoms with Crippen LogP contribution in [0.25, 0.3) is 0 Å². The van der Waals surface area contributed by atoms with E-state index in [1.54, 1.807) is 0 Å². The number of aliphatic imine (C=N–C) groups is 1. The van der Waals surface area contributed by atoms with Gasteiger partial charge in [-0.3, -0.25) is 4.90 Å². The first kappa shape index (κ1) is 14.4. The van der Waals surface area contributed by atoms with Crippen LogP contribution in [0.2, 0.25) is 0 Å². The highest BCUT2D eigenvalue weighted by atomic mass is 32.1. The topological polar surface area (TPSA) is 18.8 Å². The summed E-state index contributed by atoms with van der Waals surface area (Å²) >= 11 is 4.56. The fourth-order valence-corrected chi connectivity index (χ4v) is 2.52. The predicted octanol–water partition coefficient (Wildman–Crippen LogP) is 2.30. The number of hydrogen-bond acceptors (Lipinski definition) is 4. The second-order valence-corrected chi connectivity index (χ2v) is 5.11. The molecule has 0 unspecified atom stereocenters. The molecule has 1 aromatic carbocycles. The average Bonchev–Trinajstić information content (AvgIpc) is 2.46. The molecule has 0 spiro atoms. The number of rotatable bonds is 6. The van der Waals surface area contributed by atoms with Crippen molar-refractivity contribution < 1.29 is 0 Å². The summed E-state index contributed by atoms with van der Waals surface area (Å²) in [5.41, 5.74) is 1.41. The number of benzene rings is 1. The largest absolute Gasteiger partial charge is 0.301 e. The van der Waals surface area contributed by atoms with E-state index in [-0.39, 0.29) is 0 Å². The van der Waals surface area contributed by atoms with Gasteiger partial charge >= 0.3 is 0 Å². The molecule has 0 atom stereocenters. The van der Waals surface area contributed by atoms with Crippen molar-refractivity contribution in [2.45, 2.75) is 13.0 Å². The van der Waals surface area contributed by atoms with Crippen molar-refractivity contribution in [1.29, 1.82) is 0 Å². The molecular weight excluding hydrogens is 254 g/mol. The molecule has 2 rings (SSSR count). The number of hydrogen-bond donors (Lipinski definition) is 0. The minimum absolute atomic E-state index is 0.813. The molecule has 1 aliphatic heterocycles. The lowest BCUT2D eigenvalue weighted by Gasteiger charge is -2.34. The van der Waals surface area contributed by atoms with Gasteiger partial charge in [-0.2, -0.15) is 0 Å². The van der Waals surface area contributed by atoms with E-state index in [0.29, 0.717) is 0 Å². The second kappa shape index (κ2) is 8.18. The van der Waals surface area contributed by atoms with Crippen molar-refractivity contribution in [3.8, 4) is 0 Å². The van der Waals surface area contributed by atoms with Crippen molar-refractivity contribution in [3.63, 3.8) is 0 Å². The monoisotopic (exact) mass is 275 g/mol. The Morgan fingerprint density at radius 3 is 2.42 bits per heavy atom. The lowest BCUT2D eigenvalue weighted by atomic mass is 10.2. The lowest BCUT2D eigenvalue weighted by Crippen LogP contribution is -2.46. The fourth-order valence-electron chi connectivity index (χ4n) is 2.43. The summed E-state index contributed by atoms with van der Waals surface area (Å²) in [7, 11) is 0. The van der Waals surface area contributed by atoms with E-state index < -0.39 is 0 Å². The van der Waals surface area contributed by atoms with Crippen molar-refractivity contribution in [3.05, 3.63) is 35.9 Å². The van der Waals surface area contributed by atoms with Crippen molar-refractivity contribution >= 4 is 17.4 Å². The number of nitrogens with zero attached hydrogens (tertiary/aromatic N) is 3. The molecule has 1 heterocycles. The zero-order chi connectivity index (χ0) is 13.3. The molecule has 0 N–H and O–H groups in total. The molecule has 3 nitrogen and oxygen atoms in total. The van der Waals surface area contributed by atoms with Crippen LogP contribution in [0.3, 0.4) is 0 Å². The summed E-state index contributed by atoms with van der Waals surface area (Å²) < 4.78 is 0. The van der Waals surface area contributed by atoms with Crippen LogP contribution in [-0.4, -0.2) is 54.2 Å². The first-order chi connectivity index (χ1) is 9.38. The van der Waals surface area contributed by atoms with Gasteiger partial charge in [-0.25, -0.2) is 4.99 Å². The fraction of sp³-hybridized carbons (Fsp3) is 0.533. The molecule has 1 fully saturated rings. The Balaban J connectivity index is 1.66. The van der Waals surface area contributed by atoms with Gasteiger partial charge in [-0.1, -0.05) is 30.3 Å². The molecule has 0 radical (unpaired) electrons. The summed E-state index contributed by atoms with van der Waals surface area (Å²) in [5.74, 6) is 0. The summed E-state index contributed by atoms with van der Waals surface area (Å²) in [6.07, 6.45) is 1.09. The van der Waals surface area contributed by atoms with Crippen LogP contribution in [0.1, 0.15) is 12.0 Å². The highest BCUT2D eigenvalue weighted by Crippen LogP contribution is 2.08. The molecule has 1 aliphatic rings. The van der Waals surface area contributed by atoms with E-state index in [4.69, 9.17) is 0 Å². The van der Waals surface area contributed by atoms with Crippen LogP contribution in [0.5, 0.6) is 0 Å². The maximum absolute atomic E-state index is 4.56. The van der Waals surface area contributed by atoms with Gasteiger partial charge in [0.1, 0.15) is 0 Å². The Hall–Kier alpha value is -1.06. The third-order valence-electron chi connectivity index (χ3n) is 3.52. The zero-order valence-corrected chi connectivity index (χ0v) is 12.1. The van der Waals surface area contributed by atoms with Gasteiger partial charge < -0.3 is 4.90 Å². The molecule has 0 saturated carbocycles. The normalized spacial score (nSPS) is 17.1. The van der Waals surface area contributed by atoms with Gasteiger partial charge in [-0.15, -0.1) is 0 Å². The maximum Gasteiger partial charge on any atom is 0.0584 e. The number of isothiocyanates is 1. The minimum atomic E-state index is 0.813. The van der Waals surface area contributed by atoms with Crippen LogP contribution < -0.4 is 0 Å². The number of thiocarbonyl (C=S) groups is 1. The van der Waals surface area contributed by atoms with Gasteiger partial charge in [0.2, 0.25) is 0 Å². The van der Waals surface area contributed by atoms with E-state index in [0.717, 1.165) is 52.2 Å². The minimum Gasteiger partial charge on any atom is -0.301 e. The van der Waals surface area contributed by atoms with Gasteiger partial charge in [0.05, 0.1) is 11.7 Å². The molecule has 0 amide bonds. The van der Waals surface area contributed by atoms with Crippen LogP contribution in [0.15, 0.2) is 35.3 Å². The Labute approximate surface area is 120 Å². The molecule has 1 aromatic rings. The quantitative estimate of drug-likeness (QED) is 0.451. The Morgan fingerprint density at radius 2 is 1.74 bits per heavy atom. The first-order valence-corrected chi connectivity index (χ1v) is 7.31. The van der Waals surface area contributed by atoms with Crippen LogP contribution in [0, 0.1) is 0 Å². The molecule has 1 saturated heterocycles. The van der Waals surface area contributed by atoms with Gasteiger partial charge in [0.25, 0.3) is 0 Å². The van der Waals surface area contributed by atoms with E-state index in [1.807, 2.05) is 0 Å². The average molecular weight is 275 g/mol. The SMILES string of the molecule is S=C=NCCCN1CCN(Cc2ccccc2)CC1. The van der Waals surface area contributed by atoms with E-state index in [2.05, 4.69) is 62.5 Å². The standard InChI is InChI=1S/C15H21N3S/c19-14-16-7-4-8-17-9-11-18(12-10-17)13-15-5-2-1-3-6-15/h1-3,5-6H,4,7-13H2. The van der Waals surface area contributed by atoms with Crippen molar-refractivity contribution in [1.82, 2.24) is 9.80 Å². The second-order valence-electron chi connectivity index (χ2n) is 4.93. The maximum atomic E-state index is 4.56. The van der Waals surface area contributed by atoms with E-state index >= 15 is 0 Å². The van der Waals surface area contributed by atoms with Gasteiger partial charge in [0.15, 0.2) is 0 Å². The molecule has 19 heavy (non-hydrogen) atoms.